The Labute approximate surface area is 171 Å². The third-order valence-electron chi connectivity index (χ3n) is 3.68. The highest BCUT2D eigenvalue weighted by Gasteiger charge is 2.24. The summed E-state index contributed by atoms with van der Waals surface area (Å²) in [4.78, 5) is 24.6. The summed E-state index contributed by atoms with van der Waals surface area (Å²) in [7, 11) is -3.76. The Morgan fingerprint density at radius 3 is 2.33 bits per heavy atom. The molecule has 0 spiro atoms. The van der Waals surface area contributed by atoms with Crippen LogP contribution in [0.1, 0.15) is 33.9 Å². The van der Waals surface area contributed by atoms with Crippen LogP contribution in [0.4, 0.5) is 0 Å². The number of carbonyl (C=O) groups excluding carboxylic acids is 2. The Morgan fingerprint density at radius 2 is 1.78 bits per heavy atom. The van der Waals surface area contributed by atoms with Crippen LogP contribution in [0.2, 0.25) is 9.36 Å². The third kappa shape index (κ3) is 5.08. The molecule has 0 aliphatic heterocycles. The summed E-state index contributed by atoms with van der Waals surface area (Å²) in [6.07, 6.45) is 0. The molecular formula is C17H17Cl2NO5S2. The van der Waals surface area contributed by atoms with Gasteiger partial charge in [-0.15, -0.1) is 11.3 Å². The van der Waals surface area contributed by atoms with E-state index >= 15 is 0 Å². The number of carbonyl (C=O) groups is 2. The predicted molar refractivity (Wildman–Crippen MR) is 106 cm³/mol. The Kier molecular flexibility index (Phi) is 7.41. The Hall–Kier alpha value is -1.45. The fraction of sp³-hybridized carbons (Fsp3) is 0.294. The van der Waals surface area contributed by atoms with E-state index in [4.69, 9.17) is 27.9 Å². The van der Waals surface area contributed by atoms with Crippen molar-refractivity contribution in [2.24, 2.45) is 0 Å². The number of ketones is 1. The van der Waals surface area contributed by atoms with Crippen molar-refractivity contribution in [2.45, 2.75) is 18.7 Å². The summed E-state index contributed by atoms with van der Waals surface area (Å²) in [5.74, 6) is -1.30. The lowest BCUT2D eigenvalue weighted by molar-refractivity contribution is 0.0475. The monoisotopic (exact) mass is 449 g/mol. The van der Waals surface area contributed by atoms with Crippen molar-refractivity contribution in [2.75, 3.05) is 19.7 Å². The van der Waals surface area contributed by atoms with Gasteiger partial charge in [-0.2, -0.15) is 4.31 Å². The number of benzene rings is 1. The maximum absolute atomic E-state index is 12.6. The largest absolute Gasteiger partial charge is 0.454 e. The lowest BCUT2D eigenvalue weighted by Crippen LogP contribution is -2.30. The van der Waals surface area contributed by atoms with Crippen molar-refractivity contribution in [1.29, 1.82) is 0 Å². The van der Waals surface area contributed by atoms with E-state index in [9.17, 15) is 18.0 Å². The van der Waals surface area contributed by atoms with Gasteiger partial charge in [0.05, 0.1) is 24.7 Å². The first kappa shape index (κ1) is 21.8. The molecular weight excluding hydrogens is 433 g/mol. The molecule has 146 valence electrons. The molecule has 0 aliphatic carbocycles. The molecule has 0 bridgehead atoms. The fourth-order valence-electron chi connectivity index (χ4n) is 2.28. The molecule has 0 amide bonds. The molecule has 0 unspecified atom stereocenters. The first-order valence-corrected chi connectivity index (χ1v) is 11.0. The topological polar surface area (TPSA) is 80.8 Å². The second-order valence-corrected chi connectivity index (χ2v) is 9.39. The van der Waals surface area contributed by atoms with Crippen LogP contribution in [-0.2, 0) is 14.8 Å². The van der Waals surface area contributed by atoms with E-state index in [1.165, 1.54) is 22.5 Å². The van der Waals surface area contributed by atoms with Crippen LogP contribution in [0.5, 0.6) is 0 Å². The van der Waals surface area contributed by atoms with Gasteiger partial charge in [-0.1, -0.05) is 37.0 Å². The van der Waals surface area contributed by atoms with E-state index in [1.54, 1.807) is 19.9 Å². The van der Waals surface area contributed by atoms with Crippen molar-refractivity contribution in [1.82, 2.24) is 4.31 Å². The van der Waals surface area contributed by atoms with E-state index in [2.05, 4.69) is 0 Å². The van der Waals surface area contributed by atoms with Gasteiger partial charge in [0.2, 0.25) is 15.8 Å². The molecule has 2 aromatic rings. The van der Waals surface area contributed by atoms with Crippen LogP contribution in [0.25, 0.3) is 0 Å². The number of hydrogen-bond acceptors (Lipinski definition) is 6. The summed E-state index contributed by atoms with van der Waals surface area (Å²) in [5.41, 5.74) is -0.123. The highest BCUT2D eigenvalue weighted by Crippen LogP contribution is 2.25. The van der Waals surface area contributed by atoms with Gasteiger partial charge in [0, 0.05) is 13.1 Å². The minimum Gasteiger partial charge on any atom is -0.454 e. The Balaban J connectivity index is 2.20. The molecule has 6 nitrogen and oxygen atoms in total. The zero-order chi connectivity index (χ0) is 20.2. The smallest absolute Gasteiger partial charge is 0.340 e. The first-order chi connectivity index (χ1) is 12.7. The lowest BCUT2D eigenvalue weighted by atomic mass is 10.2. The summed E-state index contributed by atoms with van der Waals surface area (Å²) in [6.45, 7) is 3.51. The zero-order valence-electron chi connectivity index (χ0n) is 14.6. The Bertz CT molecular complexity index is 952. The lowest BCUT2D eigenvalue weighted by Gasteiger charge is -2.19. The highest BCUT2D eigenvalue weighted by atomic mass is 35.5. The molecule has 1 aromatic heterocycles. The van der Waals surface area contributed by atoms with Crippen LogP contribution >= 0.6 is 34.5 Å². The molecule has 0 atom stereocenters. The molecule has 0 saturated carbocycles. The average molecular weight is 450 g/mol. The number of rotatable bonds is 8. The first-order valence-electron chi connectivity index (χ1n) is 7.96. The quantitative estimate of drug-likeness (QED) is 0.446. The van der Waals surface area contributed by atoms with Crippen LogP contribution in [-0.4, -0.2) is 44.2 Å². The Morgan fingerprint density at radius 1 is 1.11 bits per heavy atom. The van der Waals surface area contributed by atoms with E-state index < -0.39 is 28.4 Å². The van der Waals surface area contributed by atoms with Crippen LogP contribution < -0.4 is 0 Å². The van der Waals surface area contributed by atoms with Gasteiger partial charge in [0.15, 0.2) is 6.61 Å². The van der Waals surface area contributed by atoms with Crippen molar-refractivity contribution in [3.63, 3.8) is 0 Å². The highest BCUT2D eigenvalue weighted by molar-refractivity contribution is 7.89. The predicted octanol–water partition coefficient (Wildman–Crippen LogP) is 4.13. The van der Waals surface area contributed by atoms with E-state index in [0.717, 1.165) is 17.4 Å². The zero-order valence-corrected chi connectivity index (χ0v) is 17.7. The number of Topliss-reactive ketones (excluding diaryl/α,β-unsaturated/α-hetero) is 1. The standard InChI is InChI=1S/C17H17Cl2NO5S2/c1-3-20(4-2)27(23,24)11-5-6-13(18)12(9-11)17(22)25-10-14(21)15-7-8-16(19)26-15/h5-9H,3-4,10H2,1-2H3. The molecule has 0 fully saturated rings. The van der Waals surface area contributed by atoms with E-state index in [-0.39, 0.29) is 15.5 Å². The number of ether oxygens (including phenoxy) is 1. The van der Waals surface area contributed by atoms with Crippen molar-refractivity contribution >= 4 is 56.3 Å². The molecule has 1 heterocycles. The van der Waals surface area contributed by atoms with Gasteiger partial charge in [-0.3, -0.25) is 4.79 Å². The number of halogens is 2. The summed E-state index contributed by atoms with van der Waals surface area (Å²) in [6, 6.07) is 6.90. The molecule has 10 heteroatoms. The van der Waals surface area contributed by atoms with Crippen molar-refractivity contribution in [3.8, 4) is 0 Å². The second-order valence-electron chi connectivity index (χ2n) is 5.33. The minimum atomic E-state index is -3.76. The number of nitrogens with zero attached hydrogens (tertiary/aromatic N) is 1. The van der Waals surface area contributed by atoms with Crippen LogP contribution in [0.3, 0.4) is 0 Å². The molecule has 1 aromatic carbocycles. The van der Waals surface area contributed by atoms with Gasteiger partial charge < -0.3 is 4.74 Å². The van der Waals surface area contributed by atoms with Gasteiger partial charge in [0.1, 0.15) is 0 Å². The fourth-order valence-corrected chi connectivity index (χ4v) is 4.92. The normalized spacial score (nSPS) is 11.6. The molecule has 0 N–H and O–H groups in total. The van der Waals surface area contributed by atoms with Crippen molar-refractivity contribution < 1.29 is 22.7 Å². The number of sulfonamides is 1. The van der Waals surface area contributed by atoms with Gasteiger partial charge in [0.25, 0.3) is 0 Å². The second kappa shape index (κ2) is 9.16. The molecule has 2 rings (SSSR count). The van der Waals surface area contributed by atoms with Gasteiger partial charge in [-0.05, 0) is 30.3 Å². The van der Waals surface area contributed by atoms with Gasteiger partial charge in [-0.25, -0.2) is 13.2 Å². The van der Waals surface area contributed by atoms with Crippen LogP contribution in [0, 0.1) is 0 Å². The molecule has 0 saturated heterocycles. The van der Waals surface area contributed by atoms with Crippen molar-refractivity contribution in [3.05, 3.63) is 50.1 Å². The maximum Gasteiger partial charge on any atom is 0.340 e. The number of thiophene rings is 1. The summed E-state index contributed by atoms with van der Waals surface area (Å²) >= 11 is 12.9. The molecule has 27 heavy (non-hydrogen) atoms. The minimum absolute atomic E-state index is 0.0325. The number of hydrogen-bond donors (Lipinski definition) is 0. The number of esters is 1. The van der Waals surface area contributed by atoms with Gasteiger partial charge >= 0.3 is 5.97 Å². The van der Waals surface area contributed by atoms with Crippen LogP contribution in [0.15, 0.2) is 35.2 Å². The SMILES string of the molecule is CCN(CC)S(=O)(=O)c1ccc(Cl)c(C(=O)OCC(=O)c2ccc(Cl)s2)c1. The average Bonchev–Trinajstić information content (AvgIpc) is 3.07. The maximum atomic E-state index is 12.6. The van der Waals surface area contributed by atoms with E-state index in [1.807, 2.05) is 0 Å². The van der Waals surface area contributed by atoms with E-state index in [0.29, 0.717) is 22.3 Å². The summed E-state index contributed by atoms with van der Waals surface area (Å²) in [5, 5.41) is 0.0325. The molecule has 0 radical (unpaired) electrons. The third-order valence-corrected chi connectivity index (χ3v) is 7.33. The summed E-state index contributed by atoms with van der Waals surface area (Å²) < 4.78 is 31.9. The molecule has 0 aliphatic rings.